The molecule has 0 saturated carbocycles. The van der Waals surface area contributed by atoms with Gasteiger partial charge in [0.15, 0.2) is 17.3 Å². The van der Waals surface area contributed by atoms with Crippen LogP contribution in [0, 0.1) is 5.92 Å². The van der Waals surface area contributed by atoms with Crippen LogP contribution in [-0.2, 0) is 14.3 Å². The summed E-state index contributed by atoms with van der Waals surface area (Å²) in [5, 5.41) is 3.33. The Bertz CT molecular complexity index is 1260. The third-order valence-electron chi connectivity index (χ3n) is 6.94. The number of ether oxygens (including phenoxy) is 4. The molecule has 0 aromatic heterocycles. The fourth-order valence-corrected chi connectivity index (χ4v) is 5.41. The van der Waals surface area contributed by atoms with Crippen LogP contribution in [0.5, 0.6) is 17.2 Å². The predicted molar refractivity (Wildman–Crippen MR) is 145 cm³/mol. The van der Waals surface area contributed by atoms with E-state index in [2.05, 4.69) is 11.9 Å². The second-order valence-electron chi connectivity index (χ2n) is 10.3. The number of nitrogens with one attached hydrogen (secondary N) is 1. The summed E-state index contributed by atoms with van der Waals surface area (Å²) in [6.45, 7) is 11.7. The molecule has 0 saturated heterocycles. The topological polar surface area (TPSA) is 83.1 Å². The number of rotatable bonds is 8. The zero-order chi connectivity index (χ0) is 27.6. The van der Waals surface area contributed by atoms with E-state index in [0.29, 0.717) is 41.4 Å². The Labute approximate surface area is 224 Å². The third kappa shape index (κ3) is 5.42. The lowest BCUT2D eigenvalue weighted by Crippen LogP contribution is -2.42. The minimum Gasteiger partial charge on any atom is -0.493 e. The van der Waals surface area contributed by atoms with Crippen LogP contribution in [0.2, 0.25) is 0 Å². The maximum absolute atomic E-state index is 13.9. The molecular weight excluding hydrogens is 482 g/mol. The highest BCUT2D eigenvalue weighted by Gasteiger charge is 2.46. The summed E-state index contributed by atoms with van der Waals surface area (Å²) in [6.07, 6.45) is 0.514. The number of allylic oxidation sites excluding steroid dienone is 2. The molecule has 0 radical (unpaired) electrons. The molecule has 38 heavy (non-hydrogen) atoms. The summed E-state index contributed by atoms with van der Waals surface area (Å²) in [5.41, 5.74) is 3.65. The lowest BCUT2D eigenvalue weighted by atomic mass is 9.68. The molecule has 202 valence electrons. The molecule has 1 N–H and O–H groups in total. The number of ketones is 1. The second kappa shape index (κ2) is 11.3. The molecule has 0 bridgehead atoms. The summed E-state index contributed by atoms with van der Waals surface area (Å²) >= 11 is 0. The van der Waals surface area contributed by atoms with E-state index in [0.717, 1.165) is 16.8 Å². The first-order valence-electron chi connectivity index (χ1n) is 13.0. The van der Waals surface area contributed by atoms with Gasteiger partial charge >= 0.3 is 5.97 Å². The smallest absolute Gasteiger partial charge is 0.316 e. The summed E-state index contributed by atoms with van der Waals surface area (Å²) in [4.78, 5) is 27.3. The van der Waals surface area contributed by atoms with Gasteiger partial charge in [0, 0.05) is 34.9 Å². The molecular formula is C31H37NO6. The van der Waals surface area contributed by atoms with Crippen LogP contribution in [0.3, 0.4) is 0 Å². The van der Waals surface area contributed by atoms with Crippen LogP contribution in [0.25, 0.3) is 0 Å². The van der Waals surface area contributed by atoms with Crippen LogP contribution in [-0.4, -0.2) is 38.2 Å². The highest BCUT2D eigenvalue weighted by molar-refractivity contribution is 6.01. The Morgan fingerprint density at radius 1 is 0.947 bits per heavy atom. The quantitative estimate of drug-likeness (QED) is 0.451. The average Bonchev–Trinajstić information content (AvgIpc) is 2.86. The van der Waals surface area contributed by atoms with Gasteiger partial charge in [-0.05, 0) is 63.8 Å². The molecule has 1 heterocycles. The maximum atomic E-state index is 13.9. The number of esters is 1. The van der Waals surface area contributed by atoms with Crippen LogP contribution in [0.1, 0.15) is 63.5 Å². The zero-order valence-corrected chi connectivity index (χ0v) is 23.0. The molecule has 2 aromatic rings. The van der Waals surface area contributed by atoms with Crippen molar-refractivity contribution in [3.05, 3.63) is 77.1 Å². The van der Waals surface area contributed by atoms with Crippen molar-refractivity contribution in [2.45, 2.75) is 64.6 Å². The van der Waals surface area contributed by atoms with Gasteiger partial charge in [-0.3, -0.25) is 9.59 Å². The minimum atomic E-state index is -0.769. The van der Waals surface area contributed by atoms with E-state index in [1.165, 1.54) is 0 Å². The van der Waals surface area contributed by atoms with Crippen LogP contribution >= 0.6 is 0 Å². The van der Waals surface area contributed by atoms with Gasteiger partial charge < -0.3 is 24.3 Å². The second-order valence-corrected chi connectivity index (χ2v) is 10.3. The van der Waals surface area contributed by atoms with Crippen molar-refractivity contribution in [2.24, 2.45) is 5.92 Å². The van der Waals surface area contributed by atoms with Crippen molar-refractivity contribution in [2.75, 3.05) is 14.2 Å². The van der Waals surface area contributed by atoms with E-state index in [1.54, 1.807) is 14.2 Å². The van der Waals surface area contributed by atoms with Gasteiger partial charge in [0.25, 0.3) is 0 Å². The van der Waals surface area contributed by atoms with E-state index >= 15 is 0 Å². The molecule has 2 aromatic carbocycles. The molecule has 0 amide bonds. The van der Waals surface area contributed by atoms with E-state index in [-0.39, 0.29) is 23.9 Å². The van der Waals surface area contributed by atoms with Gasteiger partial charge in [-0.25, -0.2) is 0 Å². The summed E-state index contributed by atoms with van der Waals surface area (Å²) in [6, 6.07) is 13.3. The van der Waals surface area contributed by atoms with E-state index in [1.807, 2.05) is 70.2 Å². The molecule has 2 aliphatic rings. The molecule has 7 heteroatoms. The number of methoxy groups -OCH3 is 2. The number of hydrogen-bond donors (Lipinski definition) is 1. The monoisotopic (exact) mass is 519 g/mol. The molecule has 7 nitrogen and oxygen atoms in total. The van der Waals surface area contributed by atoms with Crippen molar-refractivity contribution in [1.82, 2.24) is 5.32 Å². The number of carbonyl (C=O) groups excluding carboxylic acids is 2. The summed E-state index contributed by atoms with van der Waals surface area (Å²) < 4.78 is 22.7. The molecule has 1 aliphatic carbocycles. The van der Waals surface area contributed by atoms with Gasteiger partial charge in [0.1, 0.15) is 11.7 Å². The SMILES string of the molecule is C=C1NC2=C(C(=O)CC(c3ccc(OC)c(OC)c3)C2)C(c2ccccc2OC(C)C)C1C(=O)OC(C)C. The maximum Gasteiger partial charge on any atom is 0.316 e. The Balaban J connectivity index is 1.81. The molecule has 0 spiro atoms. The number of benzene rings is 2. The van der Waals surface area contributed by atoms with Gasteiger partial charge in [0.2, 0.25) is 0 Å². The Morgan fingerprint density at radius 2 is 1.66 bits per heavy atom. The van der Waals surface area contributed by atoms with Gasteiger partial charge in [0.05, 0.1) is 26.4 Å². The highest BCUT2D eigenvalue weighted by atomic mass is 16.5. The number of hydrogen-bond acceptors (Lipinski definition) is 7. The van der Waals surface area contributed by atoms with Crippen LogP contribution in [0.4, 0.5) is 0 Å². The Morgan fingerprint density at radius 3 is 2.32 bits per heavy atom. The molecule has 0 fully saturated rings. The van der Waals surface area contributed by atoms with E-state index in [9.17, 15) is 9.59 Å². The molecule has 3 atom stereocenters. The Kier molecular flexibility index (Phi) is 8.14. The largest absolute Gasteiger partial charge is 0.493 e. The van der Waals surface area contributed by atoms with Gasteiger partial charge in [-0.2, -0.15) is 0 Å². The number of carbonyl (C=O) groups is 2. The first-order valence-corrected chi connectivity index (χ1v) is 13.0. The molecule has 3 unspecified atom stereocenters. The third-order valence-corrected chi connectivity index (χ3v) is 6.94. The van der Waals surface area contributed by atoms with Crippen molar-refractivity contribution < 1.29 is 28.5 Å². The number of Topliss-reactive ketones (excluding diaryl/α,β-unsaturated/α-hetero) is 1. The predicted octanol–water partition coefficient (Wildman–Crippen LogP) is 5.66. The normalized spacial score (nSPS) is 21.2. The van der Waals surface area contributed by atoms with Crippen molar-refractivity contribution in [3.8, 4) is 17.2 Å². The van der Waals surface area contributed by atoms with Crippen molar-refractivity contribution in [3.63, 3.8) is 0 Å². The van der Waals surface area contributed by atoms with Gasteiger partial charge in [-0.15, -0.1) is 0 Å². The Hall–Kier alpha value is -3.74. The first-order chi connectivity index (χ1) is 18.1. The zero-order valence-electron chi connectivity index (χ0n) is 23.0. The summed E-state index contributed by atoms with van der Waals surface area (Å²) in [5.74, 6) is 0.0621. The van der Waals surface area contributed by atoms with E-state index in [4.69, 9.17) is 18.9 Å². The fraction of sp³-hybridized carbons (Fsp3) is 0.419. The van der Waals surface area contributed by atoms with Crippen LogP contribution < -0.4 is 19.5 Å². The molecule has 4 rings (SSSR count). The van der Waals surface area contributed by atoms with E-state index < -0.39 is 17.8 Å². The van der Waals surface area contributed by atoms with Crippen LogP contribution in [0.15, 0.2) is 66.0 Å². The molecule has 1 aliphatic heterocycles. The van der Waals surface area contributed by atoms with Crippen molar-refractivity contribution in [1.29, 1.82) is 0 Å². The van der Waals surface area contributed by atoms with Gasteiger partial charge in [-0.1, -0.05) is 30.8 Å². The first kappa shape index (κ1) is 27.3. The minimum absolute atomic E-state index is 0.0160. The average molecular weight is 520 g/mol. The lowest BCUT2D eigenvalue weighted by Gasteiger charge is -2.40. The number of para-hydroxylation sites is 1. The fourth-order valence-electron chi connectivity index (χ4n) is 5.41. The standard InChI is InChI=1S/C31H37NO6/c1-17(2)37-25-11-9-8-10-22(25)29-28(31(34)38-18(3)4)19(5)32-23-14-21(15-24(33)30(23)29)20-12-13-26(35-6)27(16-20)36-7/h8-13,16-18,21,28-29,32H,5,14-15H2,1-4,6-7H3. The summed E-state index contributed by atoms with van der Waals surface area (Å²) in [7, 11) is 3.19. The lowest BCUT2D eigenvalue weighted by molar-refractivity contribution is -0.151. The van der Waals surface area contributed by atoms with Crippen molar-refractivity contribution >= 4 is 11.8 Å². The highest BCUT2D eigenvalue weighted by Crippen LogP contribution is 2.49.